The number of hydrogen-bond donors (Lipinski definition) is 0. The highest BCUT2D eigenvalue weighted by atomic mass is 35.5. The highest BCUT2D eigenvalue weighted by molar-refractivity contribution is 6.30. The lowest BCUT2D eigenvalue weighted by Crippen LogP contribution is -2.47. The SMILES string of the molecule is O=C1CC[C@@H](C(=O)N2CCCC2)CN1CCc1ccc(Cl)cc1. The fourth-order valence-electron chi connectivity index (χ4n) is 3.44. The molecule has 0 radical (unpaired) electrons. The fraction of sp³-hybridized carbons (Fsp3) is 0.556. The van der Waals surface area contributed by atoms with Crippen molar-refractivity contribution in [2.45, 2.75) is 32.1 Å². The number of amides is 2. The van der Waals surface area contributed by atoms with Gasteiger partial charge in [0.25, 0.3) is 0 Å². The molecule has 2 fully saturated rings. The Labute approximate surface area is 142 Å². The van der Waals surface area contributed by atoms with Crippen LogP contribution in [0.15, 0.2) is 24.3 Å². The highest BCUT2D eigenvalue weighted by Gasteiger charge is 2.33. The molecule has 2 aliphatic rings. The van der Waals surface area contributed by atoms with Crippen molar-refractivity contribution in [1.29, 1.82) is 0 Å². The van der Waals surface area contributed by atoms with Crippen molar-refractivity contribution in [3.63, 3.8) is 0 Å². The Kier molecular flexibility index (Phi) is 5.21. The number of hydrogen-bond acceptors (Lipinski definition) is 2. The summed E-state index contributed by atoms with van der Waals surface area (Å²) in [6.07, 6.45) is 4.21. The summed E-state index contributed by atoms with van der Waals surface area (Å²) in [5.74, 6) is 0.395. The first kappa shape index (κ1) is 16.3. The van der Waals surface area contributed by atoms with E-state index in [4.69, 9.17) is 11.6 Å². The summed E-state index contributed by atoms with van der Waals surface area (Å²) in [4.78, 5) is 28.5. The van der Waals surface area contributed by atoms with Crippen LogP contribution >= 0.6 is 11.6 Å². The number of piperidine rings is 1. The summed E-state index contributed by atoms with van der Waals surface area (Å²) in [6.45, 7) is 3.01. The van der Waals surface area contributed by atoms with Crippen molar-refractivity contribution in [3.8, 4) is 0 Å². The number of likely N-dealkylation sites (tertiary alicyclic amines) is 2. The average molecular weight is 335 g/mol. The third-order valence-corrected chi connectivity index (χ3v) is 5.10. The van der Waals surface area contributed by atoms with Gasteiger partial charge in [-0.3, -0.25) is 9.59 Å². The summed E-state index contributed by atoms with van der Waals surface area (Å²) >= 11 is 5.89. The van der Waals surface area contributed by atoms with Gasteiger partial charge in [-0.15, -0.1) is 0 Å². The molecular weight excluding hydrogens is 312 g/mol. The first-order valence-electron chi connectivity index (χ1n) is 8.44. The van der Waals surface area contributed by atoms with Gasteiger partial charge >= 0.3 is 0 Å². The zero-order valence-corrected chi connectivity index (χ0v) is 14.1. The summed E-state index contributed by atoms with van der Waals surface area (Å²) in [5, 5.41) is 0.721. The molecular formula is C18H23ClN2O2. The number of rotatable bonds is 4. The molecule has 1 atom stereocenters. The Balaban J connectivity index is 1.56. The van der Waals surface area contributed by atoms with Crippen LogP contribution in [-0.2, 0) is 16.0 Å². The molecule has 2 heterocycles. The number of carbonyl (C=O) groups excluding carboxylic acids is 2. The van der Waals surface area contributed by atoms with E-state index in [1.54, 1.807) is 0 Å². The van der Waals surface area contributed by atoms with Crippen molar-refractivity contribution in [1.82, 2.24) is 9.80 Å². The maximum Gasteiger partial charge on any atom is 0.227 e. The molecule has 0 unspecified atom stereocenters. The van der Waals surface area contributed by atoms with Crippen LogP contribution in [0, 0.1) is 5.92 Å². The van der Waals surface area contributed by atoms with Gasteiger partial charge in [-0.2, -0.15) is 0 Å². The quantitative estimate of drug-likeness (QED) is 0.849. The molecule has 0 aromatic heterocycles. The van der Waals surface area contributed by atoms with E-state index >= 15 is 0 Å². The fourth-order valence-corrected chi connectivity index (χ4v) is 3.57. The molecule has 2 amide bonds. The number of carbonyl (C=O) groups is 2. The Morgan fingerprint density at radius 2 is 1.87 bits per heavy atom. The first-order valence-corrected chi connectivity index (χ1v) is 8.82. The van der Waals surface area contributed by atoms with Crippen molar-refractivity contribution in [2.24, 2.45) is 5.92 Å². The van der Waals surface area contributed by atoms with E-state index < -0.39 is 0 Å². The molecule has 23 heavy (non-hydrogen) atoms. The maximum absolute atomic E-state index is 12.5. The minimum Gasteiger partial charge on any atom is -0.342 e. The van der Waals surface area contributed by atoms with E-state index in [1.807, 2.05) is 34.1 Å². The molecule has 0 bridgehead atoms. The smallest absolute Gasteiger partial charge is 0.227 e. The molecule has 1 aromatic carbocycles. The second kappa shape index (κ2) is 7.35. The lowest BCUT2D eigenvalue weighted by atomic mass is 9.95. The van der Waals surface area contributed by atoms with E-state index in [9.17, 15) is 9.59 Å². The van der Waals surface area contributed by atoms with Gasteiger partial charge in [0, 0.05) is 37.6 Å². The number of halogens is 1. The Morgan fingerprint density at radius 3 is 2.57 bits per heavy atom. The molecule has 5 heteroatoms. The second-order valence-electron chi connectivity index (χ2n) is 6.48. The zero-order valence-electron chi connectivity index (χ0n) is 13.3. The normalized spacial score (nSPS) is 21.8. The summed E-state index contributed by atoms with van der Waals surface area (Å²) < 4.78 is 0. The molecule has 2 aliphatic heterocycles. The summed E-state index contributed by atoms with van der Waals surface area (Å²) in [7, 11) is 0. The van der Waals surface area contributed by atoms with Gasteiger partial charge in [0.05, 0.1) is 5.92 Å². The third kappa shape index (κ3) is 4.05. The van der Waals surface area contributed by atoms with Gasteiger partial charge in [0.1, 0.15) is 0 Å². The maximum atomic E-state index is 12.5. The van der Waals surface area contributed by atoms with E-state index in [1.165, 1.54) is 0 Å². The molecule has 0 spiro atoms. The van der Waals surface area contributed by atoms with Crippen LogP contribution in [0.2, 0.25) is 5.02 Å². The highest BCUT2D eigenvalue weighted by Crippen LogP contribution is 2.22. The largest absolute Gasteiger partial charge is 0.342 e. The van der Waals surface area contributed by atoms with Crippen LogP contribution in [0.1, 0.15) is 31.2 Å². The molecule has 4 nitrogen and oxygen atoms in total. The van der Waals surface area contributed by atoms with Gasteiger partial charge in [-0.1, -0.05) is 23.7 Å². The topological polar surface area (TPSA) is 40.6 Å². The minimum atomic E-state index is -0.0176. The first-order chi connectivity index (χ1) is 11.1. The summed E-state index contributed by atoms with van der Waals surface area (Å²) in [6, 6.07) is 7.72. The standard InChI is InChI=1S/C18H23ClN2O2/c19-16-6-3-14(4-7-16)9-12-21-13-15(5-8-17(21)22)18(23)20-10-1-2-11-20/h3-4,6-7,15H,1-2,5,8-13H2/t15-/m1/s1. The van der Waals surface area contributed by atoms with Crippen LogP contribution < -0.4 is 0 Å². The molecule has 3 rings (SSSR count). The molecule has 124 valence electrons. The van der Waals surface area contributed by atoms with Gasteiger partial charge in [-0.05, 0) is 43.4 Å². The van der Waals surface area contributed by atoms with Crippen LogP contribution in [-0.4, -0.2) is 47.8 Å². The van der Waals surface area contributed by atoms with Gasteiger partial charge in [0.15, 0.2) is 0 Å². The molecule has 1 aromatic rings. The van der Waals surface area contributed by atoms with E-state index in [0.717, 1.165) is 42.9 Å². The van der Waals surface area contributed by atoms with E-state index in [2.05, 4.69) is 0 Å². The van der Waals surface area contributed by atoms with E-state index in [-0.39, 0.29) is 17.7 Å². The van der Waals surface area contributed by atoms with Crippen LogP contribution in [0.3, 0.4) is 0 Å². The van der Waals surface area contributed by atoms with Crippen LogP contribution in [0.25, 0.3) is 0 Å². The van der Waals surface area contributed by atoms with Crippen LogP contribution in [0.4, 0.5) is 0 Å². The van der Waals surface area contributed by atoms with Gasteiger partial charge < -0.3 is 9.80 Å². The predicted molar refractivity (Wildman–Crippen MR) is 90.3 cm³/mol. The lowest BCUT2D eigenvalue weighted by molar-refractivity contribution is -0.142. The van der Waals surface area contributed by atoms with Crippen molar-refractivity contribution < 1.29 is 9.59 Å². The van der Waals surface area contributed by atoms with E-state index in [0.29, 0.717) is 25.9 Å². The average Bonchev–Trinajstić information content (AvgIpc) is 3.09. The Morgan fingerprint density at radius 1 is 1.17 bits per heavy atom. The van der Waals surface area contributed by atoms with Gasteiger partial charge in [0.2, 0.25) is 11.8 Å². The summed E-state index contributed by atoms with van der Waals surface area (Å²) in [5.41, 5.74) is 1.16. The van der Waals surface area contributed by atoms with Gasteiger partial charge in [-0.25, -0.2) is 0 Å². The van der Waals surface area contributed by atoms with Crippen molar-refractivity contribution in [3.05, 3.63) is 34.9 Å². The number of benzene rings is 1. The molecule has 0 aliphatic carbocycles. The molecule has 0 N–H and O–H groups in total. The van der Waals surface area contributed by atoms with Crippen molar-refractivity contribution >= 4 is 23.4 Å². The predicted octanol–water partition coefficient (Wildman–Crippen LogP) is 2.74. The third-order valence-electron chi connectivity index (χ3n) is 4.85. The second-order valence-corrected chi connectivity index (χ2v) is 6.92. The zero-order chi connectivity index (χ0) is 16.2. The van der Waals surface area contributed by atoms with Crippen LogP contribution in [0.5, 0.6) is 0 Å². The Hall–Kier alpha value is -1.55. The lowest BCUT2D eigenvalue weighted by Gasteiger charge is -2.33. The minimum absolute atomic E-state index is 0.0176. The molecule has 0 saturated carbocycles. The number of nitrogens with zero attached hydrogens (tertiary/aromatic N) is 2. The Bertz CT molecular complexity index is 567. The molecule has 2 saturated heterocycles. The monoisotopic (exact) mass is 334 g/mol. The van der Waals surface area contributed by atoms with Crippen molar-refractivity contribution in [2.75, 3.05) is 26.2 Å².